The zero-order chi connectivity index (χ0) is 13.3. The van der Waals surface area contributed by atoms with Gasteiger partial charge in [-0.15, -0.1) is 0 Å². The molecule has 0 heterocycles. The Morgan fingerprint density at radius 2 is 1.65 bits per heavy atom. The first kappa shape index (κ1) is 14.0. The molecule has 17 heavy (non-hydrogen) atoms. The minimum absolute atomic E-state index is 0.254. The number of hydrogen-bond donors (Lipinski definition) is 1. The van der Waals surface area contributed by atoms with Crippen LogP contribution in [0.1, 0.15) is 33.3 Å². The summed E-state index contributed by atoms with van der Waals surface area (Å²) >= 11 is 3.38. The van der Waals surface area contributed by atoms with E-state index in [1.165, 1.54) is 0 Å². The first-order valence-corrected chi connectivity index (χ1v) is 6.20. The van der Waals surface area contributed by atoms with Crippen molar-refractivity contribution < 1.29 is 9.53 Å². The van der Waals surface area contributed by atoms with Gasteiger partial charge in [0.15, 0.2) is 0 Å². The SMILES string of the molecule is CC(C)(C)[C@](C)(OC(N)=O)c1ccc(Br)cc1. The van der Waals surface area contributed by atoms with Crippen molar-refractivity contribution in [3.05, 3.63) is 34.3 Å². The summed E-state index contributed by atoms with van der Waals surface area (Å²) in [6.07, 6.45) is -0.759. The highest BCUT2D eigenvalue weighted by Crippen LogP contribution is 2.42. The summed E-state index contributed by atoms with van der Waals surface area (Å²) < 4.78 is 6.33. The second kappa shape index (κ2) is 4.69. The second-order valence-electron chi connectivity index (χ2n) is 5.21. The molecule has 0 spiro atoms. The van der Waals surface area contributed by atoms with Crippen LogP contribution in [0, 0.1) is 5.41 Å². The predicted molar refractivity (Wildman–Crippen MR) is 71.6 cm³/mol. The first-order valence-electron chi connectivity index (χ1n) is 5.41. The van der Waals surface area contributed by atoms with E-state index in [-0.39, 0.29) is 5.41 Å². The predicted octanol–water partition coefficient (Wildman–Crippen LogP) is 3.81. The zero-order valence-corrected chi connectivity index (χ0v) is 12.2. The Balaban J connectivity index is 3.24. The lowest BCUT2D eigenvalue weighted by Crippen LogP contribution is -2.42. The molecule has 0 saturated carbocycles. The number of halogens is 1. The molecule has 0 fully saturated rings. The first-order chi connectivity index (χ1) is 7.67. The number of amides is 1. The molecule has 0 aromatic heterocycles. The molecule has 0 aliphatic heterocycles. The molecule has 0 unspecified atom stereocenters. The normalized spacial score (nSPS) is 15.1. The van der Waals surface area contributed by atoms with Gasteiger partial charge in [0, 0.05) is 9.89 Å². The van der Waals surface area contributed by atoms with E-state index in [1.54, 1.807) is 0 Å². The topological polar surface area (TPSA) is 52.3 Å². The number of ether oxygens (including phenoxy) is 1. The van der Waals surface area contributed by atoms with Gasteiger partial charge in [0.2, 0.25) is 0 Å². The van der Waals surface area contributed by atoms with E-state index >= 15 is 0 Å². The van der Waals surface area contributed by atoms with Gasteiger partial charge in [0.1, 0.15) is 5.60 Å². The van der Waals surface area contributed by atoms with Crippen molar-refractivity contribution in [3.63, 3.8) is 0 Å². The van der Waals surface area contributed by atoms with E-state index in [0.29, 0.717) is 0 Å². The molecule has 0 aliphatic rings. The lowest BCUT2D eigenvalue weighted by molar-refractivity contribution is -0.0559. The maximum atomic E-state index is 11.1. The fourth-order valence-corrected chi connectivity index (χ4v) is 1.88. The summed E-state index contributed by atoms with van der Waals surface area (Å²) in [7, 11) is 0. The Morgan fingerprint density at radius 3 is 2.00 bits per heavy atom. The molecule has 3 nitrogen and oxygen atoms in total. The number of benzene rings is 1. The highest BCUT2D eigenvalue weighted by Gasteiger charge is 2.42. The molecule has 1 atom stereocenters. The Hall–Kier alpha value is -1.03. The highest BCUT2D eigenvalue weighted by atomic mass is 79.9. The summed E-state index contributed by atoms with van der Waals surface area (Å²) in [5.41, 5.74) is 5.09. The van der Waals surface area contributed by atoms with Crippen molar-refractivity contribution in [2.75, 3.05) is 0 Å². The third kappa shape index (κ3) is 3.00. The standard InChI is InChI=1S/C13H18BrNO2/c1-12(2,3)13(4,17-11(15)16)9-5-7-10(14)8-6-9/h5-8H,1-4H3,(H2,15,16)/t13-/m1/s1. The van der Waals surface area contributed by atoms with Crippen LogP contribution in [0.5, 0.6) is 0 Å². The van der Waals surface area contributed by atoms with Crippen LogP contribution in [0.3, 0.4) is 0 Å². The lowest BCUT2D eigenvalue weighted by Gasteiger charge is -2.41. The quantitative estimate of drug-likeness (QED) is 0.903. The van der Waals surface area contributed by atoms with Crippen LogP contribution >= 0.6 is 15.9 Å². The van der Waals surface area contributed by atoms with Gasteiger partial charge in [-0.05, 0) is 24.6 Å². The van der Waals surface area contributed by atoms with Gasteiger partial charge in [0.25, 0.3) is 0 Å². The number of carbonyl (C=O) groups is 1. The summed E-state index contributed by atoms with van der Waals surface area (Å²) in [6, 6.07) is 7.70. The fourth-order valence-electron chi connectivity index (χ4n) is 1.61. The Bertz CT molecular complexity index is 408. The summed E-state index contributed by atoms with van der Waals surface area (Å²) in [4.78, 5) is 11.1. The van der Waals surface area contributed by atoms with Crippen molar-refractivity contribution >= 4 is 22.0 Å². The molecule has 2 N–H and O–H groups in total. The van der Waals surface area contributed by atoms with E-state index in [9.17, 15) is 4.79 Å². The molecule has 94 valence electrons. The van der Waals surface area contributed by atoms with E-state index < -0.39 is 11.7 Å². The fraction of sp³-hybridized carbons (Fsp3) is 0.462. The molecule has 1 aromatic rings. The largest absolute Gasteiger partial charge is 0.438 e. The molecule has 0 bridgehead atoms. The highest BCUT2D eigenvalue weighted by molar-refractivity contribution is 9.10. The van der Waals surface area contributed by atoms with Crippen LogP contribution in [-0.4, -0.2) is 6.09 Å². The smallest absolute Gasteiger partial charge is 0.405 e. The molecule has 4 heteroatoms. The monoisotopic (exact) mass is 299 g/mol. The van der Waals surface area contributed by atoms with Crippen LogP contribution in [0.4, 0.5) is 4.79 Å². The van der Waals surface area contributed by atoms with Gasteiger partial charge in [-0.3, -0.25) is 0 Å². The maximum Gasteiger partial charge on any atom is 0.405 e. The van der Waals surface area contributed by atoms with E-state index in [4.69, 9.17) is 10.5 Å². The summed E-state index contributed by atoms with van der Waals surface area (Å²) in [5, 5.41) is 0. The number of nitrogens with two attached hydrogens (primary N) is 1. The van der Waals surface area contributed by atoms with Crippen LogP contribution in [0.2, 0.25) is 0 Å². The summed E-state index contributed by atoms with van der Waals surface area (Å²) in [6.45, 7) is 7.91. The molecular formula is C13H18BrNO2. The molecule has 0 radical (unpaired) electrons. The van der Waals surface area contributed by atoms with Gasteiger partial charge < -0.3 is 10.5 Å². The number of primary amides is 1. The molecule has 1 amide bonds. The molecule has 1 rings (SSSR count). The van der Waals surface area contributed by atoms with Gasteiger partial charge in [-0.25, -0.2) is 4.79 Å². The van der Waals surface area contributed by atoms with E-state index in [0.717, 1.165) is 10.0 Å². The average Bonchev–Trinajstić information content (AvgIpc) is 2.15. The van der Waals surface area contributed by atoms with Crippen molar-refractivity contribution in [3.8, 4) is 0 Å². The maximum absolute atomic E-state index is 11.1. The molecule has 0 aliphatic carbocycles. The lowest BCUT2D eigenvalue weighted by atomic mass is 9.73. The summed E-state index contributed by atoms with van der Waals surface area (Å²) in [5.74, 6) is 0. The van der Waals surface area contributed by atoms with Crippen LogP contribution < -0.4 is 5.73 Å². The minimum atomic E-state index is -0.759. The van der Waals surface area contributed by atoms with Crippen LogP contribution in [0.15, 0.2) is 28.7 Å². The van der Waals surface area contributed by atoms with Gasteiger partial charge in [0.05, 0.1) is 0 Å². The van der Waals surface area contributed by atoms with Crippen molar-refractivity contribution in [1.29, 1.82) is 0 Å². The van der Waals surface area contributed by atoms with E-state index in [1.807, 2.05) is 52.0 Å². The third-order valence-electron chi connectivity index (χ3n) is 3.13. The van der Waals surface area contributed by atoms with Crippen LogP contribution in [-0.2, 0) is 10.3 Å². The Kier molecular flexibility index (Phi) is 3.87. The van der Waals surface area contributed by atoms with Gasteiger partial charge in [-0.1, -0.05) is 48.8 Å². The number of hydrogen-bond acceptors (Lipinski definition) is 2. The van der Waals surface area contributed by atoms with Crippen molar-refractivity contribution in [2.45, 2.75) is 33.3 Å². The van der Waals surface area contributed by atoms with Crippen molar-refractivity contribution in [1.82, 2.24) is 0 Å². The zero-order valence-electron chi connectivity index (χ0n) is 10.6. The number of carbonyl (C=O) groups excluding carboxylic acids is 1. The second-order valence-corrected chi connectivity index (χ2v) is 6.13. The molecule has 0 saturated heterocycles. The Morgan fingerprint density at radius 1 is 1.18 bits per heavy atom. The van der Waals surface area contributed by atoms with Crippen LogP contribution in [0.25, 0.3) is 0 Å². The van der Waals surface area contributed by atoms with E-state index in [2.05, 4.69) is 15.9 Å². The van der Waals surface area contributed by atoms with Gasteiger partial charge >= 0.3 is 6.09 Å². The average molecular weight is 300 g/mol. The minimum Gasteiger partial charge on any atom is -0.438 e. The Labute approximate surface area is 110 Å². The van der Waals surface area contributed by atoms with Gasteiger partial charge in [-0.2, -0.15) is 0 Å². The molecular weight excluding hydrogens is 282 g/mol. The molecule has 1 aromatic carbocycles. The number of rotatable bonds is 2. The van der Waals surface area contributed by atoms with Crippen molar-refractivity contribution in [2.24, 2.45) is 11.1 Å². The third-order valence-corrected chi connectivity index (χ3v) is 3.66.